The zero-order valence-electron chi connectivity index (χ0n) is 14.4. The highest BCUT2D eigenvalue weighted by Crippen LogP contribution is 2.56. The topological polar surface area (TPSA) is 47.6 Å². The second-order valence-corrected chi connectivity index (χ2v) is 7.77. The maximum atomic E-state index is 12.7. The first-order valence-electron chi connectivity index (χ1n) is 9.27. The fourth-order valence-corrected chi connectivity index (χ4v) is 5.51. The summed E-state index contributed by atoms with van der Waals surface area (Å²) >= 11 is 0. The van der Waals surface area contributed by atoms with Gasteiger partial charge in [0.2, 0.25) is 5.91 Å². The Kier molecular flexibility index (Phi) is 4.38. The summed E-state index contributed by atoms with van der Waals surface area (Å²) in [6, 6.07) is 7.56. The summed E-state index contributed by atoms with van der Waals surface area (Å²) in [4.78, 5) is 12.7. The molecule has 4 fully saturated rings. The van der Waals surface area contributed by atoms with E-state index in [1.165, 1.54) is 32.1 Å². The molecule has 4 heteroatoms. The van der Waals surface area contributed by atoms with Crippen LogP contribution in [-0.4, -0.2) is 26.2 Å². The lowest BCUT2D eigenvalue weighted by Crippen LogP contribution is -2.51. The molecule has 4 aliphatic carbocycles. The summed E-state index contributed by atoms with van der Waals surface area (Å²) in [5.74, 6) is 5.18. The van der Waals surface area contributed by atoms with Crippen molar-refractivity contribution in [2.45, 2.75) is 32.1 Å². The Hall–Kier alpha value is -1.71. The molecule has 4 saturated carbocycles. The van der Waals surface area contributed by atoms with Crippen molar-refractivity contribution in [1.29, 1.82) is 0 Å². The van der Waals surface area contributed by atoms with Crippen LogP contribution in [0.2, 0.25) is 0 Å². The molecule has 0 aromatic heterocycles. The van der Waals surface area contributed by atoms with E-state index in [9.17, 15) is 4.79 Å². The predicted molar refractivity (Wildman–Crippen MR) is 92.0 cm³/mol. The Balaban J connectivity index is 1.25. The van der Waals surface area contributed by atoms with Gasteiger partial charge < -0.3 is 14.8 Å². The molecule has 1 amide bonds. The van der Waals surface area contributed by atoms with E-state index in [2.05, 4.69) is 5.32 Å². The third-order valence-corrected chi connectivity index (χ3v) is 6.24. The first kappa shape index (κ1) is 15.8. The van der Waals surface area contributed by atoms with Crippen molar-refractivity contribution in [2.75, 3.05) is 20.3 Å². The summed E-state index contributed by atoms with van der Waals surface area (Å²) in [5.41, 5.74) is 0. The van der Waals surface area contributed by atoms with Crippen LogP contribution in [0.1, 0.15) is 32.1 Å². The Morgan fingerprint density at radius 1 is 1.08 bits per heavy atom. The summed E-state index contributed by atoms with van der Waals surface area (Å²) in [6.45, 7) is 1.06. The Morgan fingerprint density at radius 2 is 1.75 bits per heavy atom. The van der Waals surface area contributed by atoms with Crippen LogP contribution in [0.5, 0.6) is 11.5 Å². The number of hydrogen-bond donors (Lipinski definition) is 1. The van der Waals surface area contributed by atoms with E-state index in [-0.39, 0.29) is 11.8 Å². The first-order valence-corrected chi connectivity index (χ1v) is 9.27. The molecule has 0 spiro atoms. The maximum Gasteiger partial charge on any atom is 0.223 e. The van der Waals surface area contributed by atoms with Crippen LogP contribution in [0, 0.1) is 29.6 Å². The quantitative estimate of drug-likeness (QED) is 0.815. The maximum absolute atomic E-state index is 12.7. The van der Waals surface area contributed by atoms with Gasteiger partial charge in [0, 0.05) is 12.0 Å². The number of nitrogens with one attached hydrogen (secondary N) is 1. The van der Waals surface area contributed by atoms with Gasteiger partial charge in [0.15, 0.2) is 0 Å². The van der Waals surface area contributed by atoms with Crippen LogP contribution in [0.25, 0.3) is 0 Å². The number of carbonyl (C=O) groups is 1. The summed E-state index contributed by atoms with van der Waals surface area (Å²) < 4.78 is 10.9. The Labute approximate surface area is 143 Å². The van der Waals surface area contributed by atoms with Gasteiger partial charge in [0.25, 0.3) is 0 Å². The molecule has 0 saturated heterocycles. The molecule has 1 N–H and O–H groups in total. The van der Waals surface area contributed by atoms with E-state index in [1.54, 1.807) is 7.11 Å². The van der Waals surface area contributed by atoms with E-state index in [0.717, 1.165) is 23.3 Å². The van der Waals surface area contributed by atoms with Crippen LogP contribution >= 0.6 is 0 Å². The summed E-state index contributed by atoms with van der Waals surface area (Å²) in [7, 11) is 1.64. The van der Waals surface area contributed by atoms with E-state index in [0.29, 0.717) is 25.0 Å². The molecule has 130 valence electrons. The molecular weight excluding hydrogens is 302 g/mol. The van der Waals surface area contributed by atoms with Crippen LogP contribution in [-0.2, 0) is 4.79 Å². The molecule has 0 radical (unpaired) electrons. The molecule has 5 rings (SSSR count). The average molecular weight is 329 g/mol. The number of methoxy groups -OCH3 is 1. The second kappa shape index (κ2) is 6.66. The number of benzene rings is 1. The lowest BCUT2D eigenvalue weighted by atomic mass is 9.51. The lowest BCUT2D eigenvalue weighted by Gasteiger charge is -2.53. The average Bonchev–Trinajstić information content (AvgIpc) is 2.58. The van der Waals surface area contributed by atoms with Gasteiger partial charge in [-0.1, -0.05) is 6.07 Å². The van der Waals surface area contributed by atoms with Crippen molar-refractivity contribution in [3.63, 3.8) is 0 Å². The summed E-state index contributed by atoms with van der Waals surface area (Å²) in [5, 5.41) is 3.11. The van der Waals surface area contributed by atoms with Gasteiger partial charge in [-0.25, -0.2) is 0 Å². The van der Waals surface area contributed by atoms with Crippen LogP contribution in [0.15, 0.2) is 24.3 Å². The van der Waals surface area contributed by atoms with Gasteiger partial charge in [0.05, 0.1) is 13.7 Å². The van der Waals surface area contributed by atoms with Crippen molar-refractivity contribution >= 4 is 5.91 Å². The molecule has 4 bridgehead atoms. The van der Waals surface area contributed by atoms with Gasteiger partial charge in [-0.05, 0) is 67.9 Å². The third kappa shape index (κ3) is 3.11. The predicted octanol–water partition coefficient (Wildman–Crippen LogP) is 3.26. The number of amides is 1. The Bertz CT molecular complexity index is 572. The third-order valence-electron chi connectivity index (χ3n) is 6.24. The molecule has 0 aliphatic heterocycles. The molecular formula is C20H27NO3. The molecule has 0 heterocycles. The fourth-order valence-electron chi connectivity index (χ4n) is 5.51. The number of ether oxygens (including phenoxy) is 2. The smallest absolute Gasteiger partial charge is 0.223 e. The molecule has 1 aromatic carbocycles. The molecule has 24 heavy (non-hydrogen) atoms. The zero-order chi connectivity index (χ0) is 16.5. The van der Waals surface area contributed by atoms with Crippen LogP contribution in [0.3, 0.4) is 0 Å². The van der Waals surface area contributed by atoms with Crippen LogP contribution < -0.4 is 14.8 Å². The molecule has 4 nitrogen and oxygen atoms in total. The largest absolute Gasteiger partial charge is 0.497 e. The normalized spacial score (nSPS) is 33.3. The number of rotatable bonds is 6. The van der Waals surface area contributed by atoms with Gasteiger partial charge in [-0.2, -0.15) is 0 Å². The number of carbonyl (C=O) groups excluding carboxylic acids is 1. The van der Waals surface area contributed by atoms with Gasteiger partial charge in [-0.3, -0.25) is 4.79 Å². The number of hydrogen-bond acceptors (Lipinski definition) is 3. The van der Waals surface area contributed by atoms with E-state index in [4.69, 9.17) is 9.47 Å². The monoisotopic (exact) mass is 329 g/mol. The lowest BCUT2D eigenvalue weighted by molar-refractivity contribution is -0.138. The van der Waals surface area contributed by atoms with Crippen molar-refractivity contribution in [1.82, 2.24) is 5.32 Å². The van der Waals surface area contributed by atoms with Crippen molar-refractivity contribution in [3.05, 3.63) is 24.3 Å². The van der Waals surface area contributed by atoms with Crippen molar-refractivity contribution in [2.24, 2.45) is 29.6 Å². The second-order valence-electron chi connectivity index (χ2n) is 7.77. The molecule has 1 aromatic rings. The first-order chi connectivity index (χ1) is 11.7. The van der Waals surface area contributed by atoms with E-state index < -0.39 is 0 Å². The van der Waals surface area contributed by atoms with Crippen LogP contribution in [0.4, 0.5) is 0 Å². The summed E-state index contributed by atoms with van der Waals surface area (Å²) in [6.07, 6.45) is 6.56. The SMILES string of the molecule is COc1cccc(OCCNC(=O)C2C3CC4CC(C3)CC2C4)c1. The van der Waals surface area contributed by atoms with Crippen molar-refractivity contribution < 1.29 is 14.3 Å². The van der Waals surface area contributed by atoms with E-state index in [1.807, 2.05) is 24.3 Å². The molecule has 0 unspecified atom stereocenters. The van der Waals surface area contributed by atoms with E-state index >= 15 is 0 Å². The minimum Gasteiger partial charge on any atom is -0.497 e. The minimum atomic E-state index is 0.259. The molecule has 0 atom stereocenters. The highest BCUT2D eigenvalue weighted by atomic mass is 16.5. The zero-order valence-corrected chi connectivity index (χ0v) is 14.4. The standard InChI is InChI=1S/C20H27NO3/c1-23-17-3-2-4-18(12-17)24-6-5-21-20(22)19-15-8-13-7-14(10-15)11-16(19)9-13/h2-4,12-16,19H,5-11H2,1H3,(H,21,22). The molecule has 4 aliphatic rings. The Morgan fingerprint density at radius 3 is 2.42 bits per heavy atom. The van der Waals surface area contributed by atoms with Gasteiger partial charge >= 0.3 is 0 Å². The van der Waals surface area contributed by atoms with Crippen molar-refractivity contribution in [3.8, 4) is 11.5 Å². The van der Waals surface area contributed by atoms with Gasteiger partial charge in [-0.15, -0.1) is 0 Å². The minimum absolute atomic E-state index is 0.259. The fraction of sp³-hybridized carbons (Fsp3) is 0.650. The highest BCUT2D eigenvalue weighted by Gasteiger charge is 2.50. The highest BCUT2D eigenvalue weighted by molar-refractivity contribution is 5.79. The van der Waals surface area contributed by atoms with Gasteiger partial charge in [0.1, 0.15) is 18.1 Å².